The molecule has 5 heteroatoms. The van der Waals surface area contributed by atoms with Gasteiger partial charge in [0.05, 0.1) is 0 Å². The van der Waals surface area contributed by atoms with Crippen LogP contribution < -0.4 is 5.32 Å². The predicted molar refractivity (Wildman–Crippen MR) is 101 cm³/mol. The molecule has 0 aliphatic heterocycles. The third-order valence-electron chi connectivity index (χ3n) is 3.43. The second-order valence-electron chi connectivity index (χ2n) is 5.36. The number of thioether (sulfide) groups is 1. The number of carbonyl (C=O) groups excluding carboxylic acids is 1. The van der Waals surface area contributed by atoms with Crippen LogP contribution in [0.1, 0.15) is 27.0 Å². The highest BCUT2D eigenvalue weighted by Crippen LogP contribution is 2.24. The first-order chi connectivity index (χ1) is 11.0. The molecular weight excluding hydrogens is 349 g/mol. The van der Waals surface area contributed by atoms with Crippen molar-refractivity contribution in [1.29, 1.82) is 0 Å². The van der Waals surface area contributed by atoms with Gasteiger partial charge in [-0.3, -0.25) is 4.79 Å². The second-order valence-corrected chi connectivity index (χ2v) is 7.31. The Kier molecular flexibility index (Phi) is 6.82. The van der Waals surface area contributed by atoms with Crippen molar-refractivity contribution < 1.29 is 4.79 Å². The van der Waals surface area contributed by atoms with Crippen LogP contribution in [-0.4, -0.2) is 18.2 Å². The lowest BCUT2D eigenvalue weighted by molar-refractivity contribution is 0.0955. The van der Waals surface area contributed by atoms with Crippen molar-refractivity contribution in [3.05, 3.63) is 68.7 Å². The highest BCUT2D eigenvalue weighted by Gasteiger charge is 2.08. The van der Waals surface area contributed by atoms with Gasteiger partial charge < -0.3 is 5.32 Å². The van der Waals surface area contributed by atoms with E-state index in [1.807, 2.05) is 44.2 Å². The van der Waals surface area contributed by atoms with Gasteiger partial charge in [0.25, 0.3) is 5.91 Å². The van der Waals surface area contributed by atoms with Gasteiger partial charge in [-0.1, -0.05) is 47.0 Å². The van der Waals surface area contributed by atoms with E-state index in [0.717, 1.165) is 33.8 Å². The van der Waals surface area contributed by atoms with Gasteiger partial charge in [-0.15, -0.1) is 0 Å². The van der Waals surface area contributed by atoms with Crippen LogP contribution in [0.15, 0.2) is 36.4 Å². The van der Waals surface area contributed by atoms with Gasteiger partial charge >= 0.3 is 0 Å². The standard InChI is InChI=1S/C18H19Cl2NOS/c1-12-3-6-16(13(2)9-12)18(22)21-7-8-23-11-14-4-5-15(19)10-17(14)20/h3-6,9-10H,7-8,11H2,1-2H3,(H,21,22). The molecule has 0 atom stereocenters. The average Bonchev–Trinajstić information content (AvgIpc) is 2.48. The fourth-order valence-corrected chi connectivity index (χ4v) is 3.64. The number of carbonyl (C=O) groups is 1. The largest absolute Gasteiger partial charge is 0.351 e. The van der Waals surface area contributed by atoms with Crippen LogP contribution in [-0.2, 0) is 5.75 Å². The number of benzene rings is 2. The van der Waals surface area contributed by atoms with Crippen molar-refractivity contribution in [1.82, 2.24) is 5.32 Å². The zero-order valence-corrected chi connectivity index (χ0v) is 15.5. The summed E-state index contributed by atoms with van der Waals surface area (Å²) >= 11 is 13.7. The molecule has 0 saturated carbocycles. The van der Waals surface area contributed by atoms with Crippen LogP contribution in [0.25, 0.3) is 0 Å². The van der Waals surface area contributed by atoms with E-state index >= 15 is 0 Å². The normalized spacial score (nSPS) is 10.6. The molecule has 0 aliphatic carbocycles. The van der Waals surface area contributed by atoms with E-state index < -0.39 is 0 Å². The zero-order valence-electron chi connectivity index (χ0n) is 13.2. The second kappa shape index (κ2) is 8.62. The van der Waals surface area contributed by atoms with Crippen LogP contribution >= 0.6 is 35.0 Å². The number of amides is 1. The summed E-state index contributed by atoms with van der Waals surface area (Å²) in [6.07, 6.45) is 0. The molecule has 1 amide bonds. The lowest BCUT2D eigenvalue weighted by Gasteiger charge is -2.09. The summed E-state index contributed by atoms with van der Waals surface area (Å²) in [6.45, 7) is 4.61. The van der Waals surface area contributed by atoms with Crippen LogP contribution in [0.4, 0.5) is 0 Å². The summed E-state index contributed by atoms with van der Waals surface area (Å²) < 4.78 is 0. The van der Waals surface area contributed by atoms with Crippen LogP contribution in [0.2, 0.25) is 10.0 Å². The zero-order chi connectivity index (χ0) is 16.8. The summed E-state index contributed by atoms with van der Waals surface area (Å²) in [5, 5.41) is 4.28. The predicted octanol–water partition coefficient (Wildman–Crippen LogP) is 5.27. The first-order valence-corrected chi connectivity index (χ1v) is 9.25. The van der Waals surface area contributed by atoms with Gasteiger partial charge in [0, 0.05) is 33.7 Å². The molecule has 0 unspecified atom stereocenters. The fourth-order valence-electron chi connectivity index (χ4n) is 2.22. The molecule has 1 N–H and O–H groups in total. The van der Waals surface area contributed by atoms with Crippen molar-refractivity contribution in [3.63, 3.8) is 0 Å². The van der Waals surface area contributed by atoms with Crippen LogP contribution in [0.5, 0.6) is 0 Å². The fraction of sp³-hybridized carbons (Fsp3) is 0.278. The molecule has 0 aliphatic rings. The van der Waals surface area contributed by atoms with Crippen molar-refractivity contribution >= 4 is 40.9 Å². The maximum atomic E-state index is 12.1. The molecular formula is C18H19Cl2NOS. The lowest BCUT2D eigenvalue weighted by Crippen LogP contribution is -2.26. The quantitative estimate of drug-likeness (QED) is 0.704. The molecule has 0 saturated heterocycles. The van der Waals surface area contributed by atoms with E-state index in [0.29, 0.717) is 16.6 Å². The molecule has 0 radical (unpaired) electrons. The molecule has 23 heavy (non-hydrogen) atoms. The van der Waals surface area contributed by atoms with Gasteiger partial charge in [0.1, 0.15) is 0 Å². The maximum absolute atomic E-state index is 12.1. The molecule has 2 aromatic carbocycles. The van der Waals surface area contributed by atoms with Gasteiger partial charge in [-0.05, 0) is 43.2 Å². The highest BCUT2D eigenvalue weighted by molar-refractivity contribution is 7.98. The summed E-state index contributed by atoms with van der Waals surface area (Å²) in [7, 11) is 0. The summed E-state index contributed by atoms with van der Waals surface area (Å²) in [5.41, 5.74) is 3.96. The summed E-state index contributed by atoms with van der Waals surface area (Å²) in [5.74, 6) is 1.61. The molecule has 2 rings (SSSR count). The number of rotatable bonds is 6. The van der Waals surface area contributed by atoms with E-state index in [1.165, 1.54) is 0 Å². The molecule has 2 nitrogen and oxygen atoms in total. The highest BCUT2D eigenvalue weighted by atomic mass is 35.5. The van der Waals surface area contributed by atoms with Gasteiger partial charge in [0.15, 0.2) is 0 Å². The Morgan fingerprint density at radius 3 is 2.61 bits per heavy atom. The SMILES string of the molecule is Cc1ccc(C(=O)NCCSCc2ccc(Cl)cc2Cl)c(C)c1. The third-order valence-corrected chi connectivity index (χ3v) is 5.03. The number of hydrogen-bond donors (Lipinski definition) is 1. The minimum atomic E-state index is -0.0207. The summed E-state index contributed by atoms with van der Waals surface area (Å²) in [6, 6.07) is 11.4. The average molecular weight is 368 g/mol. The first-order valence-electron chi connectivity index (χ1n) is 7.34. The molecule has 0 fully saturated rings. The molecule has 0 spiro atoms. The van der Waals surface area contributed by atoms with E-state index in [2.05, 4.69) is 5.32 Å². The van der Waals surface area contributed by atoms with E-state index in [4.69, 9.17) is 23.2 Å². The van der Waals surface area contributed by atoms with E-state index in [-0.39, 0.29) is 5.91 Å². The van der Waals surface area contributed by atoms with Crippen LogP contribution in [0, 0.1) is 13.8 Å². The Labute approximate surface area is 151 Å². The Morgan fingerprint density at radius 2 is 1.91 bits per heavy atom. The minimum Gasteiger partial charge on any atom is -0.351 e. The molecule has 122 valence electrons. The Bertz CT molecular complexity index is 703. The molecule has 0 bridgehead atoms. The Morgan fingerprint density at radius 1 is 1.13 bits per heavy atom. The Balaban J connectivity index is 1.76. The van der Waals surface area contributed by atoms with E-state index in [9.17, 15) is 4.79 Å². The van der Waals surface area contributed by atoms with Crippen molar-refractivity contribution in [2.45, 2.75) is 19.6 Å². The van der Waals surface area contributed by atoms with Crippen LogP contribution in [0.3, 0.4) is 0 Å². The molecule has 2 aromatic rings. The smallest absolute Gasteiger partial charge is 0.251 e. The number of aryl methyl sites for hydroxylation is 2. The van der Waals surface area contributed by atoms with E-state index in [1.54, 1.807) is 17.8 Å². The van der Waals surface area contributed by atoms with Gasteiger partial charge in [-0.2, -0.15) is 11.8 Å². The number of hydrogen-bond acceptors (Lipinski definition) is 2. The lowest BCUT2D eigenvalue weighted by atomic mass is 10.1. The van der Waals surface area contributed by atoms with Gasteiger partial charge in [-0.25, -0.2) is 0 Å². The monoisotopic (exact) mass is 367 g/mol. The third kappa shape index (κ3) is 5.45. The van der Waals surface area contributed by atoms with Crippen molar-refractivity contribution in [2.24, 2.45) is 0 Å². The van der Waals surface area contributed by atoms with Crippen molar-refractivity contribution in [3.8, 4) is 0 Å². The van der Waals surface area contributed by atoms with Crippen molar-refractivity contribution in [2.75, 3.05) is 12.3 Å². The summed E-state index contributed by atoms with van der Waals surface area (Å²) in [4.78, 5) is 12.1. The maximum Gasteiger partial charge on any atom is 0.251 e. The first kappa shape index (κ1) is 18.2. The van der Waals surface area contributed by atoms with Gasteiger partial charge in [0.2, 0.25) is 0 Å². The topological polar surface area (TPSA) is 29.1 Å². The number of halogens is 2. The minimum absolute atomic E-state index is 0.0207. The molecule has 0 heterocycles. The number of nitrogens with one attached hydrogen (secondary N) is 1. The Hall–Kier alpha value is -1.16. The molecule has 0 aromatic heterocycles.